The van der Waals surface area contributed by atoms with Gasteiger partial charge >= 0.3 is 0 Å². The molecular formula is C16H13FOS. The zero-order chi connectivity index (χ0) is 13.2. The summed E-state index contributed by atoms with van der Waals surface area (Å²) in [6.07, 6.45) is 1.45. The lowest BCUT2D eigenvalue weighted by atomic mass is 10.1. The number of hydrogen-bond donors (Lipinski definition) is 0. The van der Waals surface area contributed by atoms with Gasteiger partial charge in [0.25, 0.3) is 0 Å². The summed E-state index contributed by atoms with van der Waals surface area (Å²) in [7, 11) is 0. The summed E-state index contributed by atoms with van der Waals surface area (Å²) in [5.41, 5.74) is 2.99. The van der Waals surface area contributed by atoms with Gasteiger partial charge in [0.05, 0.1) is 0 Å². The normalized spacial score (nSPS) is 13.6. The highest BCUT2D eigenvalue weighted by molar-refractivity contribution is 7.98. The minimum absolute atomic E-state index is 0.202. The van der Waals surface area contributed by atoms with Gasteiger partial charge in [0, 0.05) is 22.6 Å². The summed E-state index contributed by atoms with van der Waals surface area (Å²) >= 11 is 1.67. The number of carbonyl (C=O) groups is 1. The lowest BCUT2D eigenvalue weighted by Crippen LogP contribution is -1.91. The van der Waals surface area contributed by atoms with Gasteiger partial charge in [0.1, 0.15) is 5.82 Å². The van der Waals surface area contributed by atoms with E-state index in [0.717, 1.165) is 33.8 Å². The summed E-state index contributed by atoms with van der Waals surface area (Å²) in [5, 5.41) is 0. The Morgan fingerprint density at radius 3 is 2.79 bits per heavy atom. The fourth-order valence-corrected chi connectivity index (χ4v) is 3.44. The van der Waals surface area contributed by atoms with Crippen molar-refractivity contribution in [3.05, 3.63) is 65.0 Å². The van der Waals surface area contributed by atoms with Crippen molar-refractivity contribution in [2.24, 2.45) is 0 Å². The van der Waals surface area contributed by atoms with Gasteiger partial charge in [-0.1, -0.05) is 24.3 Å². The number of rotatable bonds is 3. The second-order valence-corrected chi connectivity index (χ2v) is 5.64. The van der Waals surface area contributed by atoms with Crippen LogP contribution in [0.3, 0.4) is 0 Å². The Balaban J connectivity index is 1.80. The van der Waals surface area contributed by atoms with E-state index in [2.05, 4.69) is 0 Å². The number of carbonyl (C=O) groups excluding carboxylic acids is 1. The lowest BCUT2D eigenvalue weighted by Gasteiger charge is -2.07. The Hall–Kier alpha value is -1.61. The molecule has 0 N–H and O–H groups in total. The molecule has 2 aromatic carbocycles. The third kappa shape index (κ3) is 2.56. The maximum absolute atomic E-state index is 13.1. The van der Waals surface area contributed by atoms with Gasteiger partial charge in [-0.3, -0.25) is 4.79 Å². The molecule has 0 aromatic heterocycles. The number of thioether (sulfide) groups is 1. The molecule has 0 aliphatic heterocycles. The summed E-state index contributed by atoms with van der Waals surface area (Å²) in [4.78, 5) is 12.8. The second kappa shape index (κ2) is 5.17. The van der Waals surface area contributed by atoms with Crippen LogP contribution >= 0.6 is 11.8 Å². The van der Waals surface area contributed by atoms with Gasteiger partial charge in [0.2, 0.25) is 0 Å². The van der Waals surface area contributed by atoms with Crippen LogP contribution in [0.5, 0.6) is 0 Å². The van der Waals surface area contributed by atoms with Crippen LogP contribution in [0.2, 0.25) is 0 Å². The molecule has 0 amide bonds. The Kier molecular flexibility index (Phi) is 3.38. The SMILES string of the molecule is O=C1CCc2c(SCc3cccc(F)c3)cccc21. The summed E-state index contributed by atoms with van der Waals surface area (Å²) in [6, 6.07) is 12.5. The quantitative estimate of drug-likeness (QED) is 0.777. The molecule has 0 fully saturated rings. The predicted octanol–water partition coefficient (Wildman–Crippen LogP) is 4.25. The maximum atomic E-state index is 13.1. The van der Waals surface area contributed by atoms with Crippen LogP contribution < -0.4 is 0 Å². The first kappa shape index (κ1) is 12.4. The van der Waals surface area contributed by atoms with E-state index < -0.39 is 0 Å². The maximum Gasteiger partial charge on any atom is 0.163 e. The summed E-state index contributed by atoms with van der Waals surface area (Å²) < 4.78 is 13.1. The van der Waals surface area contributed by atoms with Crippen molar-refractivity contribution >= 4 is 17.5 Å². The molecule has 19 heavy (non-hydrogen) atoms. The van der Waals surface area contributed by atoms with Gasteiger partial charge in [-0.15, -0.1) is 11.8 Å². The van der Waals surface area contributed by atoms with Gasteiger partial charge in [0.15, 0.2) is 5.78 Å². The van der Waals surface area contributed by atoms with E-state index >= 15 is 0 Å². The van der Waals surface area contributed by atoms with Gasteiger partial charge in [-0.25, -0.2) is 4.39 Å². The largest absolute Gasteiger partial charge is 0.294 e. The highest BCUT2D eigenvalue weighted by Gasteiger charge is 2.21. The molecule has 96 valence electrons. The van der Waals surface area contributed by atoms with Crippen LogP contribution in [0, 0.1) is 5.82 Å². The Labute approximate surface area is 115 Å². The van der Waals surface area contributed by atoms with Crippen molar-refractivity contribution in [3.63, 3.8) is 0 Å². The van der Waals surface area contributed by atoms with Crippen LogP contribution in [0.15, 0.2) is 47.4 Å². The van der Waals surface area contributed by atoms with Crippen LogP contribution in [-0.2, 0) is 12.2 Å². The van der Waals surface area contributed by atoms with Crippen molar-refractivity contribution in [1.82, 2.24) is 0 Å². The highest BCUT2D eigenvalue weighted by atomic mass is 32.2. The van der Waals surface area contributed by atoms with Crippen molar-refractivity contribution in [2.75, 3.05) is 0 Å². The predicted molar refractivity (Wildman–Crippen MR) is 75.1 cm³/mol. The van der Waals surface area contributed by atoms with E-state index in [9.17, 15) is 9.18 Å². The number of hydrogen-bond acceptors (Lipinski definition) is 2. The number of halogens is 1. The zero-order valence-corrected chi connectivity index (χ0v) is 11.2. The Morgan fingerprint density at radius 1 is 1.11 bits per heavy atom. The highest BCUT2D eigenvalue weighted by Crippen LogP contribution is 2.33. The van der Waals surface area contributed by atoms with Crippen molar-refractivity contribution in [1.29, 1.82) is 0 Å². The van der Waals surface area contributed by atoms with Crippen LogP contribution in [0.25, 0.3) is 0 Å². The van der Waals surface area contributed by atoms with E-state index in [-0.39, 0.29) is 11.6 Å². The van der Waals surface area contributed by atoms with E-state index in [4.69, 9.17) is 0 Å². The van der Waals surface area contributed by atoms with Crippen LogP contribution in [-0.4, -0.2) is 5.78 Å². The smallest absolute Gasteiger partial charge is 0.163 e. The first-order valence-electron chi connectivity index (χ1n) is 6.26. The fourth-order valence-electron chi connectivity index (χ4n) is 2.38. The molecule has 0 saturated heterocycles. The molecular weight excluding hydrogens is 259 g/mol. The van der Waals surface area contributed by atoms with Gasteiger partial charge in [-0.2, -0.15) is 0 Å². The van der Waals surface area contributed by atoms with Crippen molar-refractivity contribution in [2.45, 2.75) is 23.5 Å². The first-order chi connectivity index (χ1) is 9.24. The van der Waals surface area contributed by atoms with E-state index in [1.165, 1.54) is 6.07 Å². The minimum atomic E-state index is -0.202. The van der Waals surface area contributed by atoms with E-state index in [1.54, 1.807) is 23.9 Å². The monoisotopic (exact) mass is 272 g/mol. The lowest BCUT2D eigenvalue weighted by molar-refractivity contribution is 0.0994. The molecule has 0 unspecified atom stereocenters. The summed E-state index contributed by atoms with van der Waals surface area (Å²) in [5.74, 6) is 0.761. The molecule has 0 bridgehead atoms. The molecule has 0 atom stereocenters. The number of Topliss-reactive ketones (excluding diaryl/α,β-unsaturated/α-hetero) is 1. The molecule has 0 saturated carbocycles. The minimum Gasteiger partial charge on any atom is -0.294 e. The second-order valence-electron chi connectivity index (χ2n) is 4.62. The molecule has 0 spiro atoms. The standard InChI is InChI=1S/C16H13FOS/c17-12-4-1-3-11(9-12)10-19-16-6-2-5-13-14(16)7-8-15(13)18/h1-6,9H,7-8,10H2. The number of benzene rings is 2. The molecule has 1 aliphatic rings. The third-order valence-corrected chi connectivity index (χ3v) is 4.49. The number of fused-ring (bicyclic) bond motifs is 1. The zero-order valence-electron chi connectivity index (χ0n) is 10.4. The average Bonchev–Trinajstić information content (AvgIpc) is 2.79. The fraction of sp³-hybridized carbons (Fsp3) is 0.188. The third-order valence-electron chi connectivity index (χ3n) is 3.32. The molecule has 0 heterocycles. The van der Waals surface area contributed by atoms with Crippen LogP contribution in [0.4, 0.5) is 4.39 Å². The Bertz CT molecular complexity index is 636. The molecule has 2 aromatic rings. The average molecular weight is 272 g/mol. The van der Waals surface area contributed by atoms with Crippen LogP contribution in [0.1, 0.15) is 27.9 Å². The van der Waals surface area contributed by atoms with Gasteiger partial charge < -0.3 is 0 Å². The molecule has 1 nitrogen and oxygen atoms in total. The summed E-state index contributed by atoms with van der Waals surface area (Å²) in [6.45, 7) is 0. The molecule has 0 radical (unpaired) electrons. The molecule has 3 heteroatoms. The van der Waals surface area contributed by atoms with Crippen molar-refractivity contribution in [3.8, 4) is 0 Å². The molecule has 3 rings (SSSR count). The van der Waals surface area contributed by atoms with E-state index in [0.29, 0.717) is 6.42 Å². The van der Waals surface area contributed by atoms with Gasteiger partial charge in [-0.05, 0) is 35.7 Å². The Morgan fingerprint density at radius 2 is 1.95 bits per heavy atom. The van der Waals surface area contributed by atoms with E-state index in [1.807, 2.05) is 24.3 Å². The van der Waals surface area contributed by atoms with Crippen molar-refractivity contribution < 1.29 is 9.18 Å². The first-order valence-corrected chi connectivity index (χ1v) is 7.25. The topological polar surface area (TPSA) is 17.1 Å². The number of ketones is 1. The molecule has 1 aliphatic carbocycles.